The second-order valence-corrected chi connectivity index (χ2v) is 5.77. The van der Waals surface area contributed by atoms with Crippen LogP contribution in [0.4, 0.5) is 5.69 Å². The molecule has 2 aromatic rings. The summed E-state index contributed by atoms with van der Waals surface area (Å²) in [6, 6.07) is 10.6. The third kappa shape index (κ3) is 4.12. The Hall–Kier alpha value is -1.76. The highest BCUT2D eigenvalue weighted by Gasteiger charge is 2.04. The molecule has 0 unspecified atom stereocenters. The number of hydrogen-bond acceptors (Lipinski definition) is 3. The van der Waals surface area contributed by atoms with Crippen LogP contribution < -0.4 is 4.90 Å². The Labute approximate surface area is 124 Å². The van der Waals surface area contributed by atoms with Gasteiger partial charge >= 0.3 is 0 Å². The Morgan fingerprint density at radius 1 is 1.30 bits per heavy atom. The van der Waals surface area contributed by atoms with E-state index >= 15 is 0 Å². The lowest BCUT2D eigenvalue weighted by molar-refractivity contribution is 0.305. The van der Waals surface area contributed by atoms with E-state index in [1.807, 2.05) is 0 Å². The van der Waals surface area contributed by atoms with Crippen molar-refractivity contribution in [3.63, 3.8) is 0 Å². The normalized spacial score (nSPS) is 9.95. The van der Waals surface area contributed by atoms with Gasteiger partial charge in [0.05, 0.1) is 13.2 Å². The standard InChI is InChI=1S/C17H19NOS/c1-14-6-5-8-16(10-14)18(2)12-17-11-15(13-20-17)7-3-4-9-19/h5-6,8,10-11,13,19H,4,9,12H2,1-2H3. The number of aliphatic hydroxyl groups excluding tert-OH is 1. The zero-order chi connectivity index (χ0) is 14.4. The summed E-state index contributed by atoms with van der Waals surface area (Å²) in [5.41, 5.74) is 3.54. The summed E-state index contributed by atoms with van der Waals surface area (Å²) in [6.45, 7) is 3.12. The lowest BCUT2D eigenvalue weighted by atomic mass is 10.2. The van der Waals surface area contributed by atoms with Gasteiger partial charge in [-0.1, -0.05) is 24.0 Å². The number of anilines is 1. The van der Waals surface area contributed by atoms with Crippen LogP contribution >= 0.6 is 11.3 Å². The zero-order valence-corrected chi connectivity index (χ0v) is 12.7. The van der Waals surface area contributed by atoms with E-state index in [4.69, 9.17) is 5.11 Å². The molecule has 0 aliphatic carbocycles. The Kier molecular flexibility index (Phi) is 5.23. The van der Waals surface area contributed by atoms with Crippen LogP contribution in [0.1, 0.15) is 22.4 Å². The number of nitrogens with zero attached hydrogens (tertiary/aromatic N) is 1. The number of benzene rings is 1. The number of aliphatic hydroxyl groups is 1. The van der Waals surface area contributed by atoms with Crippen molar-refractivity contribution in [3.8, 4) is 11.8 Å². The molecular formula is C17H19NOS. The van der Waals surface area contributed by atoms with Crippen LogP contribution in [0.3, 0.4) is 0 Å². The van der Waals surface area contributed by atoms with Gasteiger partial charge in [-0.25, -0.2) is 0 Å². The molecule has 0 amide bonds. The van der Waals surface area contributed by atoms with Crippen molar-refractivity contribution in [2.24, 2.45) is 0 Å². The molecule has 0 bridgehead atoms. The van der Waals surface area contributed by atoms with Gasteiger partial charge in [-0.05, 0) is 30.7 Å². The fourth-order valence-electron chi connectivity index (χ4n) is 1.94. The van der Waals surface area contributed by atoms with Crippen LogP contribution in [-0.4, -0.2) is 18.8 Å². The average molecular weight is 285 g/mol. The molecule has 104 valence electrons. The third-order valence-electron chi connectivity index (χ3n) is 2.96. The van der Waals surface area contributed by atoms with E-state index in [9.17, 15) is 0 Å². The smallest absolute Gasteiger partial charge is 0.0540 e. The van der Waals surface area contributed by atoms with E-state index in [0.29, 0.717) is 6.42 Å². The molecule has 20 heavy (non-hydrogen) atoms. The van der Waals surface area contributed by atoms with Crippen molar-refractivity contribution in [1.29, 1.82) is 0 Å². The fourth-order valence-corrected chi connectivity index (χ4v) is 2.81. The highest BCUT2D eigenvalue weighted by molar-refractivity contribution is 7.10. The summed E-state index contributed by atoms with van der Waals surface area (Å²) in [6.07, 6.45) is 0.536. The van der Waals surface area contributed by atoms with Crippen molar-refractivity contribution in [2.75, 3.05) is 18.6 Å². The Morgan fingerprint density at radius 3 is 2.90 bits per heavy atom. The topological polar surface area (TPSA) is 23.5 Å². The SMILES string of the molecule is Cc1cccc(N(C)Cc2cc(C#CCCO)cs2)c1. The van der Waals surface area contributed by atoms with E-state index in [2.05, 4.69) is 66.4 Å². The second kappa shape index (κ2) is 7.14. The van der Waals surface area contributed by atoms with E-state index in [1.54, 1.807) is 11.3 Å². The quantitative estimate of drug-likeness (QED) is 0.870. The van der Waals surface area contributed by atoms with Gasteiger partial charge in [-0.2, -0.15) is 0 Å². The summed E-state index contributed by atoms with van der Waals surface area (Å²) in [5, 5.41) is 10.8. The molecule has 1 aromatic carbocycles. The van der Waals surface area contributed by atoms with E-state index in [0.717, 1.165) is 12.1 Å². The first kappa shape index (κ1) is 14.6. The predicted octanol–water partition coefficient (Wildman–Crippen LogP) is 3.43. The molecule has 0 spiro atoms. The minimum absolute atomic E-state index is 0.125. The van der Waals surface area contributed by atoms with Gasteiger partial charge in [0.15, 0.2) is 0 Å². The Balaban J connectivity index is 2.02. The van der Waals surface area contributed by atoms with Crippen molar-refractivity contribution in [1.82, 2.24) is 0 Å². The Bertz CT molecular complexity index is 621. The first-order valence-corrected chi connectivity index (χ1v) is 7.52. The lowest BCUT2D eigenvalue weighted by Crippen LogP contribution is -2.15. The van der Waals surface area contributed by atoms with Gasteiger partial charge in [-0.15, -0.1) is 11.3 Å². The zero-order valence-electron chi connectivity index (χ0n) is 11.9. The van der Waals surface area contributed by atoms with Crippen LogP contribution in [-0.2, 0) is 6.54 Å². The lowest BCUT2D eigenvalue weighted by Gasteiger charge is -2.18. The largest absolute Gasteiger partial charge is 0.395 e. The Morgan fingerprint density at radius 2 is 2.15 bits per heavy atom. The van der Waals surface area contributed by atoms with Crippen LogP contribution in [0.15, 0.2) is 35.7 Å². The molecule has 0 radical (unpaired) electrons. The summed E-state index contributed by atoms with van der Waals surface area (Å²) >= 11 is 1.73. The summed E-state index contributed by atoms with van der Waals surface area (Å²) in [4.78, 5) is 3.53. The number of aryl methyl sites for hydroxylation is 1. The van der Waals surface area contributed by atoms with Crippen LogP contribution in [0.25, 0.3) is 0 Å². The minimum Gasteiger partial charge on any atom is -0.395 e. The summed E-state index contributed by atoms with van der Waals surface area (Å²) < 4.78 is 0. The number of rotatable bonds is 4. The molecule has 1 heterocycles. The monoisotopic (exact) mass is 285 g/mol. The van der Waals surface area contributed by atoms with Gasteiger partial charge in [0.1, 0.15) is 0 Å². The fraction of sp³-hybridized carbons (Fsp3) is 0.294. The van der Waals surface area contributed by atoms with Crippen molar-refractivity contribution < 1.29 is 5.11 Å². The maximum atomic E-state index is 8.71. The van der Waals surface area contributed by atoms with Crippen molar-refractivity contribution in [2.45, 2.75) is 19.9 Å². The van der Waals surface area contributed by atoms with Crippen LogP contribution in [0, 0.1) is 18.8 Å². The third-order valence-corrected chi connectivity index (χ3v) is 3.88. The molecule has 0 fully saturated rings. The van der Waals surface area contributed by atoms with Gasteiger partial charge in [-0.3, -0.25) is 0 Å². The number of thiophene rings is 1. The summed E-state index contributed by atoms with van der Waals surface area (Å²) in [7, 11) is 2.10. The van der Waals surface area contributed by atoms with E-state index < -0.39 is 0 Å². The van der Waals surface area contributed by atoms with Crippen molar-refractivity contribution >= 4 is 17.0 Å². The molecule has 3 heteroatoms. The van der Waals surface area contributed by atoms with Gasteiger partial charge in [0, 0.05) is 35.0 Å². The van der Waals surface area contributed by atoms with Crippen LogP contribution in [0.5, 0.6) is 0 Å². The maximum absolute atomic E-state index is 8.71. The molecule has 1 aromatic heterocycles. The van der Waals surface area contributed by atoms with E-state index in [1.165, 1.54) is 16.1 Å². The molecule has 0 aliphatic rings. The first-order chi connectivity index (χ1) is 9.69. The van der Waals surface area contributed by atoms with Crippen LogP contribution in [0.2, 0.25) is 0 Å². The predicted molar refractivity (Wildman–Crippen MR) is 86.2 cm³/mol. The maximum Gasteiger partial charge on any atom is 0.0540 e. The molecule has 2 nitrogen and oxygen atoms in total. The molecule has 0 atom stereocenters. The van der Waals surface area contributed by atoms with Gasteiger partial charge in [0.25, 0.3) is 0 Å². The van der Waals surface area contributed by atoms with E-state index in [-0.39, 0.29) is 6.61 Å². The molecule has 0 saturated carbocycles. The van der Waals surface area contributed by atoms with Gasteiger partial charge in [0.2, 0.25) is 0 Å². The second-order valence-electron chi connectivity index (χ2n) is 4.77. The highest BCUT2D eigenvalue weighted by Crippen LogP contribution is 2.20. The number of hydrogen-bond donors (Lipinski definition) is 1. The van der Waals surface area contributed by atoms with Crippen molar-refractivity contribution in [3.05, 3.63) is 51.7 Å². The minimum atomic E-state index is 0.125. The van der Waals surface area contributed by atoms with Gasteiger partial charge < -0.3 is 10.0 Å². The highest BCUT2D eigenvalue weighted by atomic mass is 32.1. The molecular weight excluding hydrogens is 266 g/mol. The summed E-state index contributed by atoms with van der Waals surface area (Å²) in [5.74, 6) is 6.02. The molecule has 0 aliphatic heterocycles. The molecule has 1 N–H and O–H groups in total. The molecule has 2 rings (SSSR count). The average Bonchev–Trinajstić information content (AvgIpc) is 2.86. The molecule has 0 saturated heterocycles. The first-order valence-electron chi connectivity index (χ1n) is 6.64.